The fourth-order valence-electron chi connectivity index (χ4n) is 2.12. The van der Waals surface area contributed by atoms with Gasteiger partial charge in [-0.05, 0) is 49.2 Å². The number of hydrogen-bond acceptors (Lipinski definition) is 4. The third kappa shape index (κ3) is 2.48. The summed E-state index contributed by atoms with van der Waals surface area (Å²) in [5.74, 6) is -0.196. The number of pyridine rings is 1. The molecule has 0 fully saturated rings. The van der Waals surface area contributed by atoms with Gasteiger partial charge in [0, 0.05) is 11.9 Å². The molecule has 0 spiro atoms. The third-order valence-corrected chi connectivity index (χ3v) is 4.61. The van der Waals surface area contributed by atoms with Gasteiger partial charge in [0.15, 0.2) is 0 Å². The van der Waals surface area contributed by atoms with Crippen LogP contribution in [-0.4, -0.2) is 10.9 Å². The lowest BCUT2D eigenvalue weighted by molar-refractivity contribution is 0.103. The number of nitrogens with one attached hydrogen (secondary N) is 1. The summed E-state index contributed by atoms with van der Waals surface area (Å²) in [5.41, 5.74) is 10.3. The lowest BCUT2D eigenvalue weighted by Crippen LogP contribution is -2.12. The van der Waals surface area contributed by atoms with E-state index in [0.29, 0.717) is 16.1 Å². The molecule has 0 bridgehead atoms. The summed E-state index contributed by atoms with van der Waals surface area (Å²) in [5, 5.41) is 2.89. The van der Waals surface area contributed by atoms with Crippen LogP contribution < -0.4 is 11.1 Å². The van der Waals surface area contributed by atoms with Crippen LogP contribution in [-0.2, 0) is 0 Å². The van der Waals surface area contributed by atoms with E-state index < -0.39 is 0 Å². The van der Waals surface area contributed by atoms with Crippen molar-refractivity contribution in [2.24, 2.45) is 0 Å². The molecule has 0 saturated carbocycles. The first-order valence-electron chi connectivity index (χ1n) is 6.58. The quantitative estimate of drug-likeness (QED) is 0.757. The molecule has 0 aliphatic carbocycles. The van der Waals surface area contributed by atoms with Gasteiger partial charge in [-0.15, -0.1) is 11.3 Å². The summed E-state index contributed by atoms with van der Waals surface area (Å²) >= 11 is 1.36. The van der Waals surface area contributed by atoms with Crippen molar-refractivity contribution in [2.45, 2.75) is 13.8 Å². The molecule has 2 heterocycles. The second-order valence-corrected chi connectivity index (χ2v) is 6.00. The zero-order chi connectivity index (χ0) is 15.0. The molecule has 3 aromatic rings. The van der Waals surface area contributed by atoms with Crippen molar-refractivity contribution in [1.82, 2.24) is 4.98 Å². The lowest BCUT2D eigenvalue weighted by atomic mass is 10.1. The van der Waals surface area contributed by atoms with Crippen LogP contribution >= 0.6 is 11.3 Å². The van der Waals surface area contributed by atoms with Crippen LogP contribution in [0.2, 0.25) is 0 Å². The molecule has 4 nitrogen and oxygen atoms in total. The number of aryl methyl sites for hydroxylation is 2. The molecular weight excluding hydrogens is 282 g/mol. The molecule has 0 unspecified atom stereocenters. The highest BCUT2D eigenvalue weighted by atomic mass is 32.1. The minimum atomic E-state index is -0.196. The Labute approximate surface area is 126 Å². The Morgan fingerprint density at radius 2 is 2.05 bits per heavy atom. The summed E-state index contributed by atoms with van der Waals surface area (Å²) < 4.78 is 0.917. The van der Waals surface area contributed by atoms with Crippen LogP contribution in [0.1, 0.15) is 20.8 Å². The molecule has 0 aliphatic heterocycles. The maximum Gasteiger partial charge on any atom is 0.267 e. The number of benzene rings is 1. The Balaban J connectivity index is 1.93. The van der Waals surface area contributed by atoms with Crippen LogP contribution in [0, 0.1) is 13.8 Å². The Bertz CT molecular complexity index is 839. The van der Waals surface area contributed by atoms with Crippen LogP contribution in [0.5, 0.6) is 0 Å². The molecule has 1 aromatic carbocycles. The number of hydrogen-bond donors (Lipinski definition) is 2. The molecule has 0 aliphatic rings. The number of aromatic nitrogens is 1. The molecule has 5 heteroatoms. The molecular formula is C16H15N3OS. The SMILES string of the molecule is Cc1ccc(NC(=O)c2sc3cccnc3c2N)cc1C. The van der Waals surface area contributed by atoms with Crippen molar-refractivity contribution in [3.05, 3.63) is 52.5 Å². The number of nitrogens with two attached hydrogens (primary N) is 1. The van der Waals surface area contributed by atoms with E-state index in [4.69, 9.17) is 5.73 Å². The predicted octanol–water partition coefficient (Wildman–Crippen LogP) is 3.75. The Morgan fingerprint density at radius 3 is 2.76 bits per heavy atom. The first kappa shape index (κ1) is 13.6. The normalized spacial score (nSPS) is 10.8. The highest BCUT2D eigenvalue weighted by molar-refractivity contribution is 7.21. The Hall–Kier alpha value is -2.40. The highest BCUT2D eigenvalue weighted by Gasteiger charge is 2.17. The fraction of sp³-hybridized carbons (Fsp3) is 0.125. The van der Waals surface area contributed by atoms with E-state index in [2.05, 4.69) is 10.3 Å². The minimum Gasteiger partial charge on any atom is -0.396 e. The van der Waals surface area contributed by atoms with Crippen molar-refractivity contribution >= 4 is 38.8 Å². The van der Waals surface area contributed by atoms with Gasteiger partial charge in [-0.2, -0.15) is 0 Å². The number of carbonyl (C=O) groups excluding carboxylic acids is 1. The predicted molar refractivity (Wildman–Crippen MR) is 87.9 cm³/mol. The number of fused-ring (bicyclic) bond motifs is 1. The van der Waals surface area contributed by atoms with Crippen LogP contribution in [0.25, 0.3) is 10.2 Å². The zero-order valence-corrected chi connectivity index (χ0v) is 12.6. The van der Waals surface area contributed by atoms with E-state index in [-0.39, 0.29) is 5.91 Å². The van der Waals surface area contributed by atoms with E-state index in [1.165, 1.54) is 16.9 Å². The van der Waals surface area contributed by atoms with Crippen LogP contribution in [0.4, 0.5) is 11.4 Å². The van der Waals surface area contributed by atoms with Crippen LogP contribution in [0.15, 0.2) is 36.5 Å². The second kappa shape index (κ2) is 5.18. The van der Waals surface area contributed by atoms with Gasteiger partial charge in [0.05, 0.1) is 10.4 Å². The molecule has 3 N–H and O–H groups in total. The van der Waals surface area contributed by atoms with Crippen molar-refractivity contribution in [1.29, 1.82) is 0 Å². The van der Waals surface area contributed by atoms with E-state index >= 15 is 0 Å². The average molecular weight is 297 g/mol. The molecule has 0 saturated heterocycles. The summed E-state index contributed by atoms with van der Waals surface area (Å²) in [6, 6.07) is 9.58. The van der Waals surface area contributed by atoms with Gasteiger partial charge >= 0.3 is 0 Å². The number of carbonyl (C=O) groups is 1. The molecule has 0 radical (unpaired) electrons. The van der Waals surface area contributed by atoms with E-state index in [0.717, 1.165) is 16.0 Å². The highest BCUT2D eigenvalue weighted by Crippen LogP contribution is 2.32. The summed E-state index contributed by atoms with van der Waals surface area (Å²) in [6.07, 6.45) is 1.68. The second-order valence-electron chi connectivity index (χ2n) is 4.95. The number of amides is 1. The number of rotatable bonds is 2. The van der Waals surface area contributed by atoms with Gasteiger partial charge in [-0.1, -0.05) is 6.07 Å². The lowest BCUT2D eigenvalue weighted by Gasteiger charge is -2.07. The smallest absolute Gasteiger partial charge is 0.267 e. The standard InChI is InChI=1S/C16H15N3OS/c1-9-5-6-11(8-10(9)2)19-16(20)15-13(17)14-12(21-15)4-3-7-18-14/h3-8H,17H2,1-2H3,(H,19,20). The number of nitrogen functional groups attached to an aromatic ring is 1. The summed E-state index contributed by atoms with van der Waals surface area (Å²) in [7, 11) is 0. The molecule has 2 aromatic heterocycles. The largest absolute Gasteiger partial charge is 0.396 e. The molecule has 1 amide bonds. The first-order chi connectivity index (χ1) is 10.1. The van der Waals surface area contributed by atoms with Crippen LogP contribution in [0.3, 0.4) is 0 Å². The topological polar surface area (TPSA) is 68.0 Å². The van der Waals surface area contributed by atoms with Gasteiger partial charge in [-0.25, -0.2) is 0 Å². The summed E-state index contributed by atoms with van der Waals surface area (Å²) in [6.45, 7) is 4.05. The number of thiophene rings is 1. The van der Waals surface area contributed by atoms with Crippen molar-refractivity contribution in [3.8, 4) is 0 Å². The van der Waals surface area contributed by atoms with E-state index in [1.54, 1.807) is 6.20 Å². The maximum atomic E-state index is 12.4. The zero-order valence-electron chi connectivity index (χ0n) is 11.8. The van der Waals surface area contributed by atoms with Gasteiger partial charge in [0.1, 0.15) is 10.4 Å². The summed E-state index contributed by atoms with van der Waals surface area (Å²) in [4.78, 5) is 17.1. The Morgan fingerprint density at radius 1 is 1.24 bits per heavy atom. The fourth-order valence-corrected chi connectivity index (χ4v) is 3.10. The van der Waals surface area contributed by atoms with E-state index in [9.17, 15) is 4.79 Å². The maximum absolute atomic E-state index is 12.4. The number of anilines is 2. The van der Waals surface area contributed by atoms with Crippen molar-refractivity contribution in [2.75, 3.05) is 11.1 Å². The average Bonchev–Trinajstić information content (AvgIpc) is 2.81. The first-order valence-corrected chi connectivity index (χ1v) is 7.39. The van der Waals surface area contributed by atoms with Gasteiger partial charge in [0.2, 0.25) is 0 Å². The van der Waals surface area contributed by atoms with E-state index in [1.807, 2.05) is 44.2 Å². The number of nitrogens with zero attached hydrogens (tertiary/aromatic N) is 1. The molecule has 21 heavy (non-hydrogen) atoms. The van der Waals surface area contributed by atoms with Crippen molar-refractivity contribution < 1.29 is 4.79 Å². The van der Waals surface area contributed by atoms with Gasteiger partial charge < -0.3 is 11.1 Å². The molecule has 106 valence electrons. The monoisotopic (exact) mass is 297 g/mol. The van der Waals surface area contributed by atoms with Crippen molar-refractivity contribution in [3.63, 3.8) is 0 Å². The minimum absolute atomic E-state index is 0.196. The van der Waals surface area contributed by atoms with Gasteiger partial charge in [0.25, 0.3) is 5.91 Å². The third-order valence-electron chi connectivity index (χ3n) is 3.45. The van der Waals surface area contributed by atoms with Gasteiger partial charge in [-0.3, -0.25) is 9.78 Å². The molecule has 3 rings (SSSR count). The Kier molecular flexibility index (Phi) is 3.35. The molecule has 0 atom stereocenters.